The van der Waals surface area contributed by atoms with Crippen molar-refractivity contribution in [1.29, 1.82) is 0 Å². The summed E-state index contributed by atoms with van der Waals surface area (Å²) in [7, 11) is 0. The van der Waals surface area contributed by atoms with Gasteiger partial charge in [0.05, 0.1) is 0 Å². The van der Waals surface area contributed by atoms with Crippen molar-refractivity contribution in [3.05, 3.63) is 158 Å². The Morgan fingerprint density at radius 1 is 0.220 bits per heavy atom. The normalized spacial score (nSPS) is 12.4. The van der Waals surface area contributed by atoms with Crippen LogP contribution in [0.5, 0.6) is 0 Å². The van der Waals surface area contributed by atoms with Crippen molar-refractivity contribution in [3.8, 4) is 22.3 Å². The maximum absolute atomic E-state index is 6.80. The van der Waals surface area contributed by atoms with Gasteiger partial charge < -0.3 is 8.83 Å². The fourth-order valence-electron chi connectivity index (χ4n) is 8.75. The minimum Gasteiger partial charge on any atom is -0.455 e. The molecule has 10 aromatic carbocycles. The van der Waals surface area contributed by atoms with Crippen molar-refractivity contribution in [2.45, 2.75) is 0 Å². The van der Waals surface area contributed by atoms with Gasteiger partial charge in [0.15, 0.2) is 0 Å². The fourth-order valence-corrected chi connectivity index (χ4v) is 8.75. The van der Waals surface area contributed by atoms with E-state index in [1.54, 1.807) is 0 Å². The molecule has 2 heterocycles. The molecule has 50 heavy (non-hydrogen) atoms. The molecule has 0 aliphatic heterocycles. The van der Waals surface area contributed by atoms with E-state index in [0.29, 0.717) is 0 Å². The van der Waals surface area contributed by atoms with E-state index >= 15 is 0 Å². The second kappa shape index (κ2) is 9.49. The van der Waals surface area contributed by atoms with E-state index in [2.05, 4.69) is 158 Å². The van der Waals surface area contributed by atoms with Crippen LogP contribution in [0, 0.1) is 0 Å². The van der Waals surface area contributed by atoms with Crippen molar-refractivity contribution < 1.29 is 8.83 Å². The van der Waals surface area contributed by atoms with Gasteiger partial charge >= 0.3 is 0 Å². The van der Waals surface area contributed by atoms with E-state index in [1.807, 2.05) is 0 Å². The zero-order chi connectivity index (χ0) is 32.5. The molecule has 0 radical (unpaired) electrons. The van der Waals surface area contributed by atoms with E-state index in [4.69, 9.17) is 8.83 Å². The summed E-state index contributed by atoms with van der Waals surface area (Å²) >= 11 is 0. The number of furan rings is 2. The molecule has 0 saturated carbocycles. The minimum absolute atomic E-state index is 0.929. The quantitative estimate of drug-likeness (QED) is 0.177. The van der Waals surface area contributed by atoms with Crippen LogP contribution in [0.4, 0.5) is 0 Å². The first-order chi connectivity index (χ1) is 24.8. The van der Waals surface area contributed by atoms with Crippen LogP contribution in [0.1, 0.15) is 0 Å². The van der Waals surface area contributed by atoms with Crippen molar-refractivity contribution in [2.24, 2.45) is 0 Å². The highest BCUT2D eigenvalue weighted by Gasteiger charge is 2.20. The van der Waals surface area contributed by atoms with E-state index in [0.717, 1.165) is 65.8 Å². The third kappa shape index (κ3) is 3.37. The number of rotatable bonds is 2. The smallest absolute Gasteiger partial charge is 0.143 e. The molecule has 230 valence electrons. The summed E-state index contributed by atoms with van der Waals surface area (Å²) in [6.07, 6.45) is 0. The molecule has 2 aromatic heterocycles. The number of fused-ring (bicyclic) bond motifs is 10. The van der Waals surface area contributed by atoms with Crippen LogP contribution < -0.4 is 0 Å². The molecule has 0 N–H and O–H groups in total. The molecular weight excluding hydrogens is 609 g/mol. The van der Waals surface area contributed by atoms with Crippen LogP contribution in [0.3, 0.4) is 0 Å². The molecule has 0 spiro atoms. The monoisotopic (exact) mass is 634 g/mol. The lowest BCUT2D eigenvalue weighted by atomic mass is 9.87. The molecule has 0 aliphatic rings. The van der Waals surface area contributed by atoms with E-state index in [-0.39, 0.29) is 0 Å². The zero-order valence-electron chi connectivity index (χ0n) is 26.8. The van der Waals surface area contributed by atoms with Gasteiger partial charge in [-0.3, -0.25) is 0 Å². The summed E-state index contributed by atoms with van der Waals surface area (Å²) in [4.78, 5) is 0. The molecule has 12 rings (SSSR count). The van der Waals surface area contributed by atoms with Gasteiger partial charge in [-0.15, -0.1) is 0 Å². The van der Waals surface area contributed by atoms with Gasteiger partial charge in [-0.05, 0) is 66.3 Å². The zero-order valence-corrected chi connectivity index (χ0v) is 26.8. The molecule has 0 bridgehead atoms. The van der Waals surface area contributed by atoms with Gasteiger partial charge in [0.25, 0.3) is 0 Å². The Hall–Kier alpha value is -6.64. The maximum atomic E-state index is 6.80. The SMILES string of the molecule is c1ccc2c(c1)ccc1c3cccc(-c4ccc5ccc6c(-c7cccc8c7oc7c9ccccc9ccc87)ccc7ccc4c5c76)c3oc21. The largest absolute Gasteiger partial charge is 0.455 e. The van der Waals surface area contributed by atoms with Crippen LogP contribution in [-0.4, -0.2) is 0 Å². The molecule has 0 fully saturated rings. The van der Waals surface area contributed by atoms with Gasteiger partial charge in [-0.25, -0.2) is 0 Å². The Balaban J connectivity index is 1.13. The highest BCUT2D eigenvalue weighted by Crippen LogP contribution is 2.47. The van der Waals surface area contributed by atoms with Crippen molar-refractivity contribution in [3.63, 3.8) is 0 Å². The van der Waals surface area contributed by atoms with Crippen molar-refractivity contribution in [2.75, 3.05) is 0 Å². The van der Waals surface area contributed by atoms with Crippen LogP contribution in [0.15, 0.2) is 167 Å². The topological polar surface area (TPSA) is 26.3 Å². The van der Waals surface area contributed by atoms with E-state index in [1.165, 1.54) is 54.2 Å². The third-order valence-electron chi connectivity index (χ3n) is 11.0. The van der Waals surface area contributed by atoms with E-state index in [9.17, 15) is 0 Å². The fraction of sp³-hybridized carbons (Fsp3) is 0. The lowest BCUT2D eigenvalue weighted by Crippen LogP contribution is -1.90. The Labute approximate surface area is 285 Å². The van der Waals surface area contributed by atoms with Crippen molar-refractivity contribution >= 4 is 97.7 Å². The molecule has 0 unspecified atom stereocenters. The number of hydrogen-bond donors (Lipinski definition) is 0. The predicted molar refractivity (Wildman–Crippen MR) is 211 cm³/mol. The molecule has 0 atom stereocenters. The maximum Gasteiger partial charge on any atom is 0.143 e. The Morgan fingerprint density at radius 3 is 1.10 bits per heavy atom. The highest BCUT2D eigenvalue weighted by atomic mass is 16.3. The third-order valence-corrected chi connectivity index (χ3v) is 11.0. The molecular formula is C48H26O2. The minimum atomic E-state index is 0.929. The summed E-state index contributed by atoms with van der Waals surface area (Å²) in [5, 5.41) is 16.7. The summed E-state index contributed by atoms with van der Waals surface area (Å²) < 4.78 is 13.6. The molecule has 0 amide bonds. The van der Waals surface area contributed by atoms with Crippen LogP contribution >= 0.6 is 0 Å². The first-order valence-electron chi connectivity index (χ1n) is 17.2. The standard InChI is InChI=1S/C48H26O2/c1-3-9-31-27(7-1)15-25-41-39-13-5-11-37(47(39)49-45(31)41)33-21-17-29-20-24-36-34(22-18-30-19-23-35(33)43(29)44(30)36)38-12-6-14-40-42-26-16-28-8-2-4-10-32(28)46(42)50-48(38)40/h1-26H. The Bertz CT molecular complexity index is 3150. The first kappa shape index (κ1) is 26.3. The lowest BCUT2D eigenvalue weighted by Gasteiger charge is -2.16. The van der Waals surface area contributed by atoms with Gasteiger partial charge in [-0.1, -0.05) is 146 Å². The van der Waals surface area contributed by atoms with Gasteiger partial charge in [0.1, 0.15) is 22.3 Å². The summed E-state index contributed by atoms with van der Waals surface area (Å²) in [5.41, 5.74) is 8.33. The van der Waals surface area contributed by atoms with Gasteiger partial charge in [-0.2, -0.15) is 0 Å². The van der Waals surface area contributed by atoms with Gasteiger partial charge in [0, 0.05) is 43.4 Å². The Kier molecular flexibility index (Phi) is 5.00. The first-order valence-corrected chi connectivity index (χ1v) is 17.2. The molecule has 0 saturated heterocycles. The summed E-state index contributed by atoms with van der Waals surface area (Å²) in [6.45, 7) is 0. The molecule has 0 aliphatic carbocycles. The number of benzene rings is 10. The Morgan fingerprint density at radius 2 is 0.600 bits per heavy atom. The predicted octanol–water partition coefficient (Wildman–Crippen LogP) is 14.0. The van der Waals surface area contributed by atoms with Crippen LogP contribution in [0.2, 0.25) is 0 Å². The number of para-hydroxylation sites is 2. The second-order valence-electron chi connectivity index (χ2n) is 13.5. The number of hydrogen-bond acceptors (Lipinski definition) is 2. The lowest BCUT2D eigenvalue weighted by molar-refractivity contribution is 0.673. The van der Waals surface area contributed by atoms with Gasteiger partial charge in [0.2, 0.25) is 0 Å². The summed E-state index contributed by atoms with van der Waals surface area (Å²) in [5.74, 6) is 0. The van der Waals surface area contributed by atoms with Crippen LogP contribution in [0.25, 0.3) is 120 Å². The average Bonchev–Trinajstić information content (AvgIpc) is 3.76. The summed E-state index contributed by atoms with van der Waals surface area (Å²) in [6, 6.07) is 57.0. The average molecular weight is 635 g/mol. The van der Waals surface area contributed by atoms with Crippen LogP contribution in [-0.2, 0) is 0 Å². The second-order valence-corrected chi connectivity index (χ2v) is 13.5. The molecule has 2 heteroatoms. The van der Waals surface area contributed by atoms with Crippen molar-refractivity contribution in [1.82, 2.24) is 0 Å². The highest BCUT2D eigenvalue weighted by molar-refractivity contribution is 6.29. The molecule has 12 aromatic rings. The molecule has 2 nitrogen and oxygen atoms in total. The van der Waals surface area contributed by atoms with E-state index < -0.39 is 0 Å².